The highest BCUT2D eigenvalue weighted by molar-refractivity contribution is 7.92. The predicted molar refractivity (Wildman–Crippen MR) is 169 cm³/mol. The highest BCUT2D eigenvalue weighted by Crippen LogP contribution is 2.38. The molecule has 0 unspecified atom stereocenters. The minimum atomic E-state index is -4.90. The van der Waals surface area contributed by atoms with Crippen LogP contribution in [0.4, 0.5) is 18.9 Å². The first-order valence-corrected chi connectivity index (χ1v) is 16.6. The minimum absolute atomic E-state index is 0.0655. The summed E-state index contributed by atoms with van der Waals surface area (Å²) in [5.74, 6) is -1.31. The fourth-order valence-corrected chi connectivity index (χ4v) is 7.16. The van der Waals surface area contributed by atoms with E-state index in [9.17, 15) is 31.2 Å². The van der Waals surface area contributed by atoms with Gasteiger partial charge in [-0.05, 0) is 74.7 Å². The van der Waals surface area contributed by atoms with Crippen LogP contribution in [0.15, 0.2) is 65.6 Å². The van der Waals surface area contributed by atoms with Crippen molar-refractivity contribution in [1.29, 1.82) is 0 Å². The van der Waals surface area contributed by atoms with E-state index >= 15 is 0 Å². The number of carbonyl (C=O) groups excluding carboxylic acids is 2. The largest absolute Gasteiger partial charge is 0.417 e. The Morgan fingerprint density at radius 3 is 2.20 bits per heavy atom. The number of nitrogens with zero attached hydrogens (tertiary/aromatic N) is 2. The molecule has 1 saturated carbocycles. The highest BCUT2D eigenvalue weighted by atomic mass is 35.5. The van der Waals surface area contributed by atoms with Crippen molar-refractivity contribution in [3.63, 3.8) is 0 Å². The Labute approximate surface area is 275 Å². The molecule has 1 N–H and O–H groups in total. The zero-order valence-corrected chi connectivity index (χ0v) is 27.5. The number of sulfonamides is 1. The van der Waals surface area contributed by atoms with Gasteiger partial charge in [0.2, 0.25) is 11.8 Å². The number of carbonyl (C=O) groups is 2. The first-order valence-electron chi connectivity index (χ1n) is 14.1. The third-order valence-electron chi connectivity index (χ3n) is 7.66. The molecule has 45 heavy (non-hydrogen) atoms. The van der Waals surface area contributed by atoms with Gasteiger partial charge in [0.25, 0.3) is 10.0 Å². The summed E-state index contributed by atoms with van der Waals surface area (Å²) < 4.78 is 70.0. The van der Waals surface area contributed by atoms with Crippen LogP contribution in [-0.2, 0) is 32.3 Å². The van der Waals surface area contributed by atoms with Crippen molar-refractivity contribution in [3.8, 4) is 0 Å². The second kappa shape index (κ2) is 14.2. The maximum atomic E-state index is 14.1. The number of amides is 2. The van der Waals surface area contributed by atoms with Crippen LogP contribution in [0.3, 0.4) is 0 Å². The molecule has 7 nitrogen and oxygen atoms in total. The van der Waals surface area contributed by atoms with Crippen LogP contribution in [-0.4, -0.2) is 43.8 Å². The van der Waals surface area contributed by atoms with Crippen LogP contribution in [0.5, 0.6) is 0 Å². The molecular weight excluding hydrogens is 674 g/mol. The van der Waals surface area contributed by atoms with E-state index in [1.54, 1.807) is 19.1 Å². The third kappa shape index (κ3) is 8.44. The zero-order chi connectivity index (χ0) is 33.1. The molecule has 0 aromatic heterocycles. The van der Waals surface area contributed by atoms with Gasteiger partial charge in [0.1, 0.15) is 12.6 Å². The van der Waals surface area contributed by atoms with E-state index in [0.29, 0.717) is 21.0 Å². The molecule has 0 aliphatic heterocycles. The van der Waals surface area contributed by atoms with Crippen molar-refractivity contribution in [2.24, 2.45) is 0 Å². The highest BCUT2D eigenvalue weighted by Gasteiger charge is 2.37. The van der Waals surface area contributed by atoms with Gasteiger partial charge in [0.05, 0.1) is 21.2 Å². The smallest absolute Gasteiger partial charge is 0.352 e. The lowest BCUT2D eigenvalue weighted by atomic mass is 10.1. The Hall–Kier alpha value is -2.99. The Morgan fingerprint density at radius 2 is 1.60 bits per heavy atom. The molecule has 0 radical (unpaired) electrons. The number of alkyl halides is 3. The molecule has 1 aliphatic rings. The second-order valence-electron chi connectivity index (χ2n) is 10.9. The van der Waals surface area contributed by atoms with E-state index in [4.69, 9.17) is 34.8 Å². The van der Waals surface area contributed by atoms with Gasteiger partial charge in [-0.15, -0.1) is 0 Å². The number of rotatable bonds is 10. The van der Waals surface area contributed by atoms with Crippen LogP contribution in [0, 0.1) is 6.92 Å². The average Bonchev–Trinajstić information content (AvgIpc) is 3.48. The summed E-state index contributed by atoms with van der Waals surface area (Å²) in [6.45, 7) is 2.10. The van der Waals surface area contributed by atoms with Crippen LogP contribution in [0.25, 0.3) is 0 Å². The minimum Gasteiger partial charge on any atom is -0.352 e. The van der Waals surface area contributed by atoms with Gasteiger partial charge >= 0.3 is 6.18 Å². The van der Waals surface area contributed by atoms with Crippen LogP contribution in [0.2, 0.25) is 15.1 Å². The molecule has 4 rings (SSSR count). The molecule has 0 spiro atoms. The molecule has 1 atom stereocenters. The number of benzene rings is 3. The predicted octanol–water partition coefficient (Wildman–Crippen LogP) is 7.65. The van der Waals surface area contributed by atoms with Crippen LogP contribution >= 0.6 is 34.8 Å². The number of hydrogen-bond donors (Lipinski definition) is 1. The molecular formula is C31H31Cl3F3N3O4S. The summed E-state index contributed by atoms with van der Waals surface area (Å²) in [4.78, 5) is 28.3. The average molecular weight is 705 g/mol. The topological polar surface area (TPSA) is 86.8 Å². The lowest BCUT2D eigenvalue weighted by Crippen LogP contribution is -2.52. The van der Waals surface area contributed by atoms with Gasteiger partial charge in [-0.1, -0.05) is 71.4 Å². The van der Waals surface area contributed by atoms with E-state index in [1.165, 1.54) is 37.3 Å². The summed E-state index contributed by atoms with van der Waals surface area (Å²) in [7, 11) is -4.59. The second-order valence-corrected chi connectivity index (χ2v) is 14.0. The summed E-state index contributed by atoms with van der Waals surface area (Å²) in [6.07, 6.45) is -1.42. The van der Waals surface area contributed by atoms with Gasteiger partial charge in [-0.25, -0.2) is 8.42 Å². The standard InChI is InChI=1S/C31H31Cl3F3N3O4S/c1-19-7-12-25(13-8-19)45(43,44)40(24-11-14-27(33)26(16-24)31(35,36)37)18-29(41)39(17-21-9-10-22(32)15-28(21)34)20(2)30(42)38-23-5-3-4-6-23/h7-16,20,23H,3-6,17-18H2,1-2H3,(H,38,42)/t20-/m0/s1. The molecule has 14 heteroatoms. The molecule has 2 amide bonds. The molecule has 3 aromatic carbocycles. The fourth-order valence-electron chi connectivity index (χ4n) is 5.06. The molecule has 0 heterocycles. The van der Waals surface area contributed by atoms with Gasteiger partial charge in [-0.2, -0.15) is 13.2 Å². The number of nitrogens with one attached hydrogen (secondary N) is 1. The first-order chi connectivity index (χ1) is 21.1. The number of anilines is 1. The van der Waals surface area contributed by atoms with E-state index < -0.39 is 56.9 Å². The first kappa shape index (κ1) is 34.9. The van der Waals surface area contributed by atoms with Crippen LogP contribution in [0.1, 0.15) is 49.3 Å². The summed E-state index contributed by atoms with van der Waals surface area (Å²) in [6, 6.07) is 11.7. The molecule has 1 fully saturated rings. The van der Waals surface area contributed by atoms with E-state index in [0.717, 1.165) is 48.3 Å². The number of halogens is 6. The molecule has 0 bridgehead atoms. The maximum Gasteiger partial charge on any atom is 0.417 e. The Morgan fingerprint density at radius 1 is 0.956 bits per heavy atom. The van der Waals surface area contributed by atoms with Crippen molar-refractivity contribution in [3.05, 3.63) is 92.4 Å². The Kier molecular flexibility index (Phi) is 11.0. The molecule has 1 aliphatic carbocycles. The molecule has 3 aromatic rings. The summed E-state index contributed by atoms with van der Waals surface area (Å²) >= 11 is 18.3. The van der Waals surface area contributed by atoms with Gasteiger partial charge in [-0.3, -0.25) is 13.9 Å². The maximum absolute atomic E-state index is 14.1. The Balaban J connectivity index is 1.77. The third-order valence-corrected chi connectivity index (χ3v) is 10.4. The van der Waals surface area contributed by atoms with E-state index in [2.05, 4.69) is 5.32 Å². The van der Waals surface area contributed by atoms with Crippen molar-refractivity contribution >= 4 is 62.3 Å². The Bertz CT molecular complexity index is 1660. The SMILES string of the molecule is Cc1ccc(S(=O)(=O)N(CC(=O)N(Cc2ccc(Cl)cc2Cl)[C@@H](C)C(=O)NC2CCCC2)c2ccc(Cl)c(C(F)(F)F)c2)cc1. The normalized spacial score (nSPS) is 14.7. The quantitative estimate of drug-likeness (QED) is 0.235. The summed E-state index contributed by atoms with van der Waals surface area (Å²) in [5, 5.41) is 2.85. The van der Waals surface area contributed by atoms with Crippen molar-refractivity contribution in [2.75, 3.05) is 10.8 Å². The van der Waals surface area contributed by atoms with Crippen molar-refractivity contribution in [1.82, 2.24) is 10.2 Å². The van der Waals surface area contributed by atoms with Gasteiger partial charge in [0.15, 0.2) is 0 Å². The van der Waals surface area contributed by atoms with Gasteiger partial charge < -0.3 is 10.2 Å². The van der Waals surface area contributed by atoms with Crippen molar-refractivity contribution in [2.45, 2.75) is 69.2 Å². The van der Waals surface area contributed by atoms with Crippen molar-refractivity contribution < 1.29 is 31.2 Å². The lowest BCUT2D eigenvalue weighted by molar-refractivity contribution is -0.139. The summed E-state index contributed by atoms with van der Waals surface area (Å²) in [5.41, 5.74) is -0.537. The fraction of sp³-hybridized carbons (Fsp3) is 0.355. The number of aryl methyl sites for hydroxylation is 1. The van der Waals surface area contributed by atoms with Crippen LogP contribution < -0.4 is 9.62 Å². The lowest BCUT2D eigenvalue weighted by Gasteiger charge is -2.33. The zero-order valence-electron chi connectivity index (χ0n) is 24.4. The monoisotopic (exact) mass is 703 g/mol. The van der Waals surface area contributed by atoms with E-state index in [-0.39, 0.29) is 22.5 Å². The van der Waals surface area contributed by atoms with Gasteiger partial charge in [0, 0.05) is 22.6 Å². The van der Waals surface area contributed by atoms with E-state index in [1.807, 2.05) is 0 Å². The number of hydrogen-bond acceptors (Lipinski definition) is 4. The molecule has 242 valence electrons. The molecule has 0 saturated heterocycles.